The van der Waals surface area contributed by atoms with E-state index in [1.807, 2.05) is 0 Å². The summed E-state index contributed by atoms with van der Waals surface area (Å²) in [4.78, 5) is 0. The zero-order valence-electron chi connectivity index (χ0n) is 11.0. The molecular formula is C9H12ClN7O3S. The van der Waals surface area contributed by atoms with Crippen LogP contribution >= 0.6 is 11.6 Å². The van der Waals surface area contributed by atoms with Crippen molar-refractivity contribution in [2.24, 2.45) is 25.0 Å². The van der Waals surface area contributed by atoms with Gasteiger partial charge in [0.15, 0.2) is 10.9 Å². The van der Waals surface area contributed by atoms with Gasteiger partial charge < -0.3 is 10.9 Å². The number of anilines is 1. The predicted molar refractivity (Wildman–Crippen MR) is 74.7 cm³/mol. The van der Waals surface area contributed by atoms with Gasteiger partial charge in [0.1, 0.15) is 5.82 Å². The van der Waals surface area contributed by atoms with Crippen molar-refractivity contribution in [2.75, 3.05) is 4.72 Å². The lowest BCUT2D eigenvalue weighted by Crippen LogP contribution is -2.22. The fraction of sp³-hybridized carbons (Fsp3) is 0.222. The minimum atomic E-state index is -4.02. The van der Waals surface area contributed by atoms with Crippen LogP contribution in [-0.4, -0.2) is 39.0 Å². The summed E-state index contributed by atoms with van der Waals surface area (Å²) in [6.07, 6.45) is 2.47. The highest BCUT2D eigenvalue weighted by Gasteiger charge is 2.26. The molecule has 12 heteroatoms. The summed E-state index contributed by atoms with van der Waals surface area (Å²) >= 11 is 5.83. The lowest BCUT2D eigenvalue weighted by molar-refractivity contribution is 0.318. The number of hydrogen-bond acceptors (Lipinski definition) is 6. The first kappa shape index (κ1) is 15.1. The number of rotatable bonds is 4. The molecule has 0 aliphatic rings. The van der Waals surface area contributed by atoms with Crippen molar-refractivity contribution < 1.29 is 13.6 Å². The van der Waals surface area contributed by atoms with E-state index in [-0.39, 0.29) is 27.3 Å². The van der Waals surface area contributed by atoms with Crippen molar-refractivity contribution in [1.29, 1.82) is 0 Å². The van der Waals surface area contributed by atoms with Crippen LogP contribution in [0.4, 0.5) is 5.82 Å². The molecule has 0 saturated heterocycles. The maximum absolute atomic E-state index is 12.4. The third kappa shape index (κ3) is 2.64. The second-order valence-electron chi connectivity index (χ2n) is 4.04. The Morgan fingerprint density at radius 1 is 1.38 bits per heavy atom. The van der Waals surface area contributed by atoms with Crippen LogP contribution in [0, 0.1) is 0 Å². The van der Waals surface area contributed by atoms with Crippen molar-refractivity contribution >= 4 is 33.3 Å². The van der Waals surface area contributed by atoms with E-state index < -0.39 is 10.0 Å². The van der Waals surface area contributed by atoms with Crippen molar-refractivity contribution in [3.05, 3.63) is 23.0 Å². The molecule has 0 aliphatic heterocycles. The Morgan fingerprint density at radius 3 is 2.52 bits per heavy atom. The first-order valence-electron chi connectivity index (χ1n) is 5.48. The second-order valence-corrected chi connectivity index (χ2v) is 6.05. The third-order valence-electron chi connectivity index (χ3n) is 2.65. The van der Waals surface area contributed by atoms with E-state index >= 15 is 0 Å². The molecule has 0 aromatic carbocycles. The average molecular weight is 334 g/mol. The van der Waals surface area contributed by atoms with Crippen molar-refractivity contribution in [2.45, 2.75) is 5.03 Å². The first-order valence-corrected chi connectivity index (χ1v) is 7.34. The number of aryl methyl sites for hydroxylation is 2. The highest BCUT2D eigenvalue weighted by atomic mass is 35.5. The minimum Gasteiger partial charge on any atom is -0.409 e. The van der Waals surface area contributed by atoms with Crippen LogP contribution in [0.15, 0.2) is 22.6 Å². The second kappa shape index (κ2) is 5.26. The maximum Gasteiger partial charge on any atom is 0.281 e. The number of amidine groups is 1. The zero-order valence-corrected chi connectivity index (χ0v) is 12.6. The summed E-state index contributed by atoms with van der Waals surface area (Å²) in [6.45, 7) is 0. The molecule has 0 radical (unpaired) electrons. The van der Waals surface area contributed by atoms with Gasteiger partial charge >= 0.3 is 0 Å². The summed E-state index contributed by atoms with van der Waals surface area (Å²) in [5, 5.41) is 18.9. The van der Waals surface area contributed by atoms with E-state index in [0.29, 0.717) is 0 Å². The molecule has 10 nitrogen and oxygen atoms in total. The van der Waals surface area contributed by atoms with E-state index in [9.17, 15) is 8.42 Å². The van der Waals surface area contributed by atoms with Gasteiger partial charge in [-0.3, -0.25) is 14.1 Å². The van der Waals surface area contributed by atoms with Crippen LogP contribution in [0.3, 0.4) is 0 Å². The molecule has 114 valence electrons. The summed E-state index contributed by atoms with van der Waals surface area (Å²) < 4.78 is 29.4. The third-order valence-corrected chi connectivity index (χ3v) is 4.49. The summed E-state index contributed by atoms with van der Waals surface area (Å²) in [6, 6.07) is 0. The van der Waals surface area contributed by atoms with Gasteiger partial charge in [-0.15, -0.1) is 0 Å². The minimum absolute atomic E-state index is 0.0301. The van der Waals surface area contributed by atoms with Crippen LogP contribution in [0.1, 0.15) is 5.56 Å². The highest BCUT2D eigenvalue weighted by Crippen LogP contribution is 2.24. The van der Waals surface area contributed by atoms with Gasteiger partial charge in [0, 0.05) is 14.1 Å². The van der Waals surface area contributed by atoms with E-state index in [1.165, 1.54) is 31.2 Å². The van der Waals surface area contributed by atoms with Crippen LogP contribution in [0.2, 0.25) is 5.02 Å². The standard InChI is InChI=1S/C9H12ClN7O3S/c1-16-8(5(3-12-16)7(11)14-18)15-21(19,20)9-6(10)4-13-17(9)2/h3-4,15,18H,1-2H3,(H2,11,14). The van der Waals surface area contributed by atoms with E-state index in [1.54, 1.807) is 0 Å². The molecule has 21 heavy (non-hydrogen) atoms. The summed E-state index contributed by atoms with van der Waals surface area (Å²) in [5.41, 5.74) is 5.60. The number of halogens is 1. The topological polar surface area (TPSA) is 140 Å². The van der Waals surface area contributed by atoms with Crippen LogP contribution in [0.5, 0.6) is 0 Å². The molecule has 0 spiro atoms. The Balaban J connectivity index is 2.50. The fourth-order valence-electron chi connectivity index (χ4n) is 1.68. The Hall–Kier alpha value is -2.27. The van der Waals surface area contributed by atoms with Crippen molar-refractivity contribution in [3.63, 3.8) is 0 Å². The van der Waals surface area contributed by atoms with Gasteiger partial charge in [0.2, 0.25) is 0 Å². The SMILES string of the molecule is Cn1ncc(C(N)=NO)c1NS(=O)(=O)c1c(Cl)cnn1C. The number of sulfonamides is 1. The monoisotopic (exact) mass is 333 g/mol. The molecule has 2 aromatic rings. The van der Waals surface area contributed by atoms with Crippen LogP contribution in [0.25, 0.3) is 0 Å². The van der Waals surface area contributed by atoms with Crippen LogP contribution in [-0.2, 0) is 24.1 Å². The number of nitrogens with two attached hydrogens (primary N) is 1. The molecular weight excluding hydrogens is 322 g/mol. The van der Waals surface area contributed by atoms with E-state index in [0.717, 1.165) is 4.68 Å². The van der Waals surface area contributed by atoms with Gasteiger partial charge in [-0.1, -0.05) is 16.8 Å². The number of nitrogens with one attached hydrogen (secondary N) is 1. The molecule has 2 rings (SSSR count). The van der Waals surface area contributed by atoms with Gasteiger partial charge in [-0.05, 0) is 0 Å². The molecule has 0 unspecified atom stereocenters. The van der Waals surface area contributed by atoms with Crippen LogP contribution < -0.4 is 10.5 Å². The first-order chi connectivity index (χ1) is 9.77. The molecule has 2 aromatic heterocycles. The molecule has 0 aliphatic carbocycles. The molecule has 0 bridgehead atoms. The normalized spacial score (nSPS) is 12.6. The average Bonchev–Trinajstić information content (AvgIpc) is 2.93. The molecule has 0 fully saturated rings. The zero-order chi connectivity index (χ0) is 15.8. The maximum atomic E-state index is 12.4. The highest BCUT2D eigenvalue weighted by molar-refractivity contribution is 7.92. The van der Waals surface area contributed by atoms with Gasteiger partial charge in [0.25, 0.3) is 10.0 Å². The molecule has 0 amide bonds. The molecule has 2 heterocycles. The predicted octanol–water partition coefficient (Wildman–Crippen LogP) is -0.298. The quantitative estimate of drug-likeness (QED) is 0.304. The lowest BCUT2D eigenvalue weighted by Gasteiger charge is -2.10. The Labute approximate surface area is 124 Å². The Kier molecular flexibility index (Phi) is 3.78. The number of nitrogens with zero attached hydrogens (tertiary/aromatic N) is 5. The summed E-state index contributed by atoms with van der Waals surface area (Å²) in [5.74, 6) is -0.250. The molecule has 0 atom stereocenters. The van der Waals surface area contributed by atoms with Crippen molar-refractivity contribution in [1.82, 2.24) is 19.6 Å². The smallest absolute Gasteiger partial charge is 0.281 e. The molecule has 4 N–H and O–H groups in total. The van der Waals surface area contributed by atoms with E-state index in [4.69, 9.17) is 22.5 Å². The van der Waals surface area contributed by atoms with Gasteiger partial charge in [-0.25, -0.2) is 0 Å². The summed E-state index contributed by atoms with van der Waals surface area (Å²) in [7, 11) is -1.09. The number of oxime groups is 1. The van der Waals surface area contributed by atoms with Crippen molar-refractivity contribution in [3.8, 4) is 0 Å². The Morgan fingerprint density at radius 2 is 2.00 bits per heavy atom. The fourth-order valence-corrected chi connectivity index (χ4v) is 3.45. The molecule has 0 saturated carbocycles. The largest absolute Gasteiger partial charge is 0.409 e. The van der Waals surface area contributed by atoms with Gasteiger partial charge in [0.05, 0.1) is 23.0 Å². The Bertz CT molecular complexity index is 788. The van der Waals surface area contributed by atoms with Gasteiger partial charge in [-0.2, -0.15) is 18.6 Å². The lowest BCUT2D eigenvalue weighted by atomic mass is 10.3. The number of aromatic nitrogens is 4. The number of hydrogen-bond donors (Lipinski definition) is 3. The van der Waals surface area contributed by atoms with E-state index in [2.05, 4.69) is 20.1 Å².